The van der Waals surface area contributed by atoms with E-state index < -0.39 is 15.8 Å². The molecule has 1 heterocycles. The van der Waals surface area contributed by atoms with E-state index in [1.54, 1.807) is 11.0 Å². The Morgan fingerprint density at radius 3 is 2.56 bits per heavy atom. The van der Waals surface area contributed by atoms with Crippen LogP contribution in [0.3, 0.4) is 0 Å². The molecular weight excluding hydrogens is 391 g/mol. The van der Waals surface area contributed by atoms with E-state index >= 15 is 0 Å². The summed E-state index contributed by atoms with van der Waals surface area (Å²) in [7, 11) is -3.86. The molecule has 0 spiro atoms. The van der Waals surface area contributed by atoms with Crippen LogP contribution in [0.2, 0.25) is 5.02 Å². The maximum absolute atomic E-state index is 13.2. The van der Waals surface area contributed by atoms with Gasteiger partial charge >= 0.3 is 0 Å². The second-order valence-corrected chi connectivity index (χ2v) is 8.81. The summed E-state index contributed by atoms with van der Waals surface area (Å²) in [5, 5.41) is -0.146. The van der Waals surface area contributed by atoms with Crippen LogP contribution in [0.5, 0.6) is 0 Å². The quantitative estimate of drug-likeness (QED) is 0.779. The van der Waals surface area contributed by atoms with Gasteiger partial charge in [0.05, 0.1) is 5.02 Å². The van der Waals surface area contributed by atoms with Gasteiger partial charge in [-0.25, -0.2) is 12.8 Å². The highest BCUT2D eigenvalue weighted by Crippen LogP contribution is 2.26. The zero-order chi connectivity index (χ0) is 19.6. The van der Waals surface area contributed by atoms with E-state index in [0.29, 0.717) is 18.5 Å². The zero-order valence-corrected chi connectivity index (χ0v) is 16.4. The molecule has 144 valence electrons. The number of carbonyl (C=O) groups excluding carboxylic acids is 1. The molecule has 0 radical (unpaired) electrons. The monoisotopic (exact) mass is 410 g/mol. The molecule has 1 amide bonds. The lowest BCUT2D eigenvalue weighted by Gasteiger charge is -2.22. The highest BCUT2D eigenvalue weighted by molar-refractivity contribution is 7.89. The van der Waals surface area contributed by atoms with E-state index in [1.165, 1.54) is 10.4 Å². The topological polar surface area (TPSA) is 57.7 Å². The number of rotatable bonds is 3. The summed E-state index contributed by atoms with van der Waals surface area (Å²) in [5.74, 6) is -0.706. The molecule has 1 aliphatic rings. The lowest BCUT2D eigenvalue weighted by Crippen LogP contribution is -2.37. The fraction of sp³-hybridized carbons (Fsp3) is 0.316. The zero-order valence-electron chi connectivity index (χ0n) is 14.9. The van der Waals surface area contributed by atoms with Gasteiger partial charge in [-0.15, -0.1) is 0 Å². The normalized spacial score (nSPS) is 16.2. The van der Waals surface area contributed by atoms with Crippen LogP contribution in [0.4, 0.5) is 4.39 Å². The Balaban J connectivity index is 1.77. The van der Waals surface area contributed by atoms with E-state index in [9.17, 15) is 17.6 Å². The number of amides is 1. The number of hydrogen-bond donors (Lipinski definition) is 0. The molecule has 2 aromatic carbocycles. The maximum atomic E-state index is 13.2. The first-order chi connectivity index (χ1) is 12.8. The summed E-state index contributed by atoms with van der Waals surface area (Å²) in [5.41, 5.74) is 1.58. The Bertz CT molecular complexity index is 965. The first-order valence-electron chi connectivity index (χ1n) is 8.60. The van der Waals surface area contributed by atoms with E-state index in [2.05, 4.69) is 0 Å². The Morgan fingerprint density at radius 2 is 1.85 bits per heavy atom. The number of aryl methyl sites for hydroxylation is 1. The molecule has 1 saturated heterocycles. The fourth-order valence-corrected chi connectivity index (χ4v) is 5.10. The SMILES string of the molecule is Cc1cccc(C(=O)N2CCCN(S(=O)(=O)c3ccc(F)cc3Cl)CC2)c1. The van der Waals surface area contributed by atoms with E-state index in [1.807, 2.05) is 25.1 Å². The summed E-state index contributed by atoms with van der Waals surface area (Å²) in [6.07, 6.45) is 0.510. The van der Waals surface area contributed by atoms with Crippen molar-refractivity contribution in [2.24, 2.45) is 0 Å². The van der Waals surface area contributed by atoms with Gasteiger partial charge in [0, 0.05) is 31.7 Å². The van der Waals surface area contributed by atoms with Crippen molar-refractivity contribution in [2.45, 2.75) is 18.2 Å². The lowest BCUT2D eigenvalue weighted by molar-refractivity contribution is 0.0764. The Hall–Kier alpha value is -1.96. The highest BCUT2D eigenvalue weighted by Gasteiger charge is 2.30. The van der Waals surface area contributed by atoms with Gasteiger partial charge in [-0.2, -0.15) is 4.31 Å². The third kappa shape index (κ3) is 4.31. The van der Waals surface area contributed by atoms with E-state index in [0.717, 1.165) is 17.7 Å². The van der Waals surface area contributed by atoms with Gasteiger partial charge in [0.15, 0.2) is 0 Å². The molecule has 5 nitrogen and oxygen atoms in total. The summed E-state index contributed by atoms with van der Waals surface area (Å²) in [6, 6.07) is 10.6. The second-order valence-electron chi connectivity index (χ2n) is 6.49. The number of nitrogens with zero attached hydrogens (tertiary/aromatic N) is 2. The molecule has 27 heavy (non-hydrogen) atoms. The van der Waals surface area contributed by atoms with Gasteiger partial charge in [-0.05, 0) is 43.7 Å². The first kappa shape index (κ1) is 19.8. The highest BCUT2D eigenvalue weighted by atomic mass is 35.5. The van der Waals surface area contributed by atoms with Gasteiger partial charge in [0.1, 0.15) is 10.7 Å². The fourth-order valence-electron chi connectivity index (χ4n) is 3.12. The molecule has 0 bridgehead atoms. The molecule has 0 N–H and O–H groups in total. The Morgan fingerprint density at radius 1 is 1.07 bits per heavy atom. The average Bonchev–Trinajstić information content (AvgIpc) is 2.87. The van der Waals surface area contributed by atoms with Crippen molar-refractivity contribution in [3.05, 3.63) is 64.4 Å². The number of sulfonamides is 1. The van der Waals surface area contributed by atoms with Crippen molar-refractivity contribution >= 4 is 27.5 Å². The van der Waals surface area contributed by atoms with Crippen LogP contribution in [-0.4, -0.2) is 49.7 Å². The average molecular weight is 411 g/mol. The summed E-state index contributed by atoms with van der Waals surface area (Å²) >= 11 is 5.94. The largest absolute Gasteiger partial charge is 0.337 e. The molecule has 1 aliphatic heterocycles. The second kappa shape index (κ2) is 7.96. The molecule has 3 rings (SSSR count). The molecule has 8 heteroatoms. The van der Waals surface area contributed by atoms with Crippen LogP contribution in [0.25, 0.3) is 0 Å². The minimum absolute atomic E-state index is 0.113. The number of benzene rings is 2. The van der Waals surface area contributed by atoms with Crippen LogP contribution in [-0.2, 0) is 10.0 Å². The third-order valence-corrected chi connectivity index (χ3v) is 6.90. The van der Waals surface area contributed by atoms with Crippen LogP contribution >= 0.6 is 11.6 Å². The van der Waals surface area contributed by atoms with Crippen LogP contribution in [0.1, 0.15) is 22.3 Å². The summed E-state index contributed by atoms with van der Waals surface area (Å²) in [6.45, 7) is 3.10. The van der Waals surface area contributed by atoms with Crippen molar-refractivity contribution in [3.8, 4) is 0 Å². The first-order valence-corrected chi connectivity index (χ1v) is 10.4. The lowest BCUT2D eigenvalue weighted by atomic mass is 10.1. The molecule has 2 aromatic rings. The summed E-state index contributed by atoms with van der Waals surface area (Å²) < 4.78 is 40.3. The molecule has 0 aliphatic carbocycles. The van der Waals surface area contributed by atoms with Gasteiger partial charge in [0.25, 0.3) is 5.91 Å². The number of hydrogen-bond acceptors (Lipinski definition) is 3. The van der Waals surface area contributed by atoms with Crippen LogP contribution in [0, 0.1) is 12.7 Å². The van der Waals surface area contributed by atoms with Crippen molar-refractivity contribution < 1.29 is 17.6 Å². The maximum Gasteiger partial charge on any atom is 0.253 e. The number of carbonyl (C=O) groups is 1. The molecule has 0 saturated carbocycles. The smallest absolute Gasteiger partial charge is 0.253 e. The van der Waals surface area contributed by atoms with Crippen molar-refractivity contribution in [3.63, 3.8) is 0 Å². The van der Waals surface area contributed by atoms with Gasteiger partial charge in [-0.1, -0.05) is 29.3 Å². The predicted molar refractivity (Wildman–Crippen MR) is 102 cm³/mol. The van der Waals surface area contributed by atoms with Gasteiger partial charge < -0.3 is 4.90 Å². The molecular formula is C19H20ClFN2O3S. The standard InChI is InChI=1S/C19H20ClFN2O3S/c1-14-4-2-5-15(12-14)19(24)22-8-3-9-23(11-10-22)27(25,26)18-7-6-16(21)13-17(18)20/h2,4-7,12-13H,3,8-11H2,1H3. The minimum Gasteiger partial charge on any atom is -0.337 e. The van der Waals surface area contributed by atoms with Crippen LogP contribution < -0.4 is 0 Å². The Labute approximate surface area is 163 Å². The predicted octanol–water partition coefficient (Wildman–Crippen LogP) is 3.32. The molecule has 1 fully saturated rings. The molecule has 0 unspecified atom stereocenters. The van der Waals surface area contributed by atoms with Gasteiger partial charge in [0.2, 0.25) is 10.0 Å². The number of halogens is 2. The minimum atomic E-state index is -3.86. The van der Waals surface area contributed by atoms with Crippen LogP contribution in [0.15, 0.2) is 47.4 Å². The molecule has 0 aromatic heterocycles. The van der Waals surface area contributed by atoms with Crippen molar-refractivity contribution in [1.29, 1.82) is 0 Å². The van der Waals surface area contributed by atoms with Crippen molar-refractivity contribution in [2.75, 3.05) is 26.2 Å². The third-order valence-electron chi connectivity index (χ3n) is 4.52. The van der Waals surface area contributed by atoms with Crippen molar-refractivity contribution in [1.82, 2.24) is 9.21 Å². The van der Waals surface area contributed by atoms with E-state index in [4.69, 9.17) is 11.6 Å². The molecule has 0 atom stereocenters. The Kier molecular flexibility index (Phi) is 5.83. The van der Waals surface area contributed by atoms with E-state index in [-0.39, 0.29) is 35.5 Å². The van der Waals surface area contributed by atoms with Gasteiger partial charge in [-0.3, -0.25) is 4.79 Å². The summed E-state index contributed by atoms with van der Waals surface area (Å²) in [4.78, 5) is 14.3.